The summed E-state index contributed by atoms with van der Waals surface area (Å²) >= 11 is 6.85. The highest BCUT2D eigenvalue weighted by atomic mass is 32.2. The Morgan fingerprint density at radius 3 is 2.46 bits per heavy atom. The Hall–Kier alpha value is -1.71. The van der Waals surface area contributed by atoms with Gasteiger partial charge < -0.3 is 15.1 Å². The van der Waals surface area contributed by atoms with E-state index in [1.807, 2.05) is 9.80 Å². The Morgan fingerprint density at radius 1 is 1.07 bits per heavy atom. The maximum Gasteiger partial charge on any atom is 0.238 e. The number of anilines is 1. The molecule has 2 heterocycles. The number of hydrogen-bond donors (Lipinski definition) is 1. The van der Waals surface area contributed by atoms with Crippen LogP contribution in [-0.4, -0.2) is 82.4 Å². The SMILES string of the molecule is O=C(CN1CCN(C(=O)CSC(=S)N2CCCC2)CC1)Nc1cccc(F)c1. The fourth-order valence-electron chi connectivity index (χ4n) is 3.33. The molecule has 2 fully saturated rings. The van der Waals surface area contributed by atoms with Crippen molar-refractivity contribution >= 4 is 45.8 Å². The van der Waals surface area contributed by atoms with Crippen LogP contribution in [0.25, 0.3) is 0 Å². The normalized spacial score (nSPS) is 17.6. The highest BCUT2D eigenvalue weighted by Crippen LogP contribution is 2.17. The summed E-state index contributed by atoms with van der Waals surface area (Å²) in [4.78, 5) is 30.5. The second-order valence-corrected chi connectivity index (χ2v) is 8.57. The molecular weight excluding hydrogens is 399 g/mol. The first kappa shape index (κ1) is 21.0. The van der Waals surface area contributed by atoms with Crippen LogP contribution in [0.4, 0.5) is 10.1 Å². The van der Waals surface area contributed by atoms with Crippen molar-refractivity contribution < 1.29 is 14.0 Å². The van der Waals surface area contributed by atoms with Crippen LogP contribution in [0, 0.1) is 5.82 Å². The van der Waals surface area contributed by atoms with Crippen LogP contribution in [0.1, 0.15) is 12.8 Å². The van der Waals surface area contributed by atoms with E-state index in [1.165, 1.54) is 36.7 Å². The molecule has 0 saturated carbocycles. The first-order valence-electron chi connectivity index (χ1n) is 9.48. The number of hydrogen-bond acceptors (Lipinski definition) is 5. The maximum absolute atomic E-state index is 13.2. The molecule has 0 aliphatic carbocycles. The summed E-state index contributed by atoms with van der Waals surface area (Å²) in [5, 5.41) is 2.70. The van der Waals surface area contributed by atoms with Gasteiger partial charge in [-0.25, -0.2) is 4.39 Å². The van der Waals surface area contributed by atoms with Crippen molar-refractivity contribution in [1.29, 1.82) is 0 Å². The lowest BCUT2D eigenvalue weighted by Gasteiger charge is -2.34. The summed E-state index contributed by atoms with van der Waals surface area (Å²) in [6.07, 6.45) is 2.34. The zero-order valence-electron chi connectivity index (χ0n) is 15.7. The Bertz CT molecular complexity index is 720. The van der Waals surface area contributed by atoms with Gasteiger partial charge in [-0.15, -0.1) is 0 Å². The van der Waals surface area contributed by atoms with Gasteiger partial charge in [0, 0.05) is 45.0 Å². The Kier molecular flexibility index (Phi) is 7.64. The highest BCUT2D eigenvalue weighted by Gasteiger charge is 2.23. The molecule has 2 amide bonds. The molecule has 0 aromatic heterocycles. The van der Waals surface area contributed by atoms with Gasteiger partial charge in [0.2, 0.25) is 11.8 Å². The molecule has 2 saturated heterocycles. The average Bonchev–Trinajstić information content (AvgIpc) is 3.21. The summed E-state index contributed by atoms with van der Waals surface area (Å²) in [6.45, 7) is 4.71. The largest absolute Gasteiger partial charge is 0.358 e. The van der Waals surface area contributed by atoms with Crippen molar-refractivity contribution in [2.24, 2.45) is 0 Å². The van der Waals surface area contributed by atoms with Gasteiger partial charge in [-0.2, -0.15) is 0 Å². The van der Waals surface area contributed by atoms with E-state index in [-0.39, 0.29) is 24.2 Å². The zero-order chi connectivity index (χ0) is 19.9. The number of carbonyl (C=O) groups is 2. The lowest BCUT2D eigenvalue weighted by atomic mass is 10.3. The summed E-state index contributed by atoms with van der Waals surface area (Å²) in [5.74, 6) is -0.102. The predicted molar refractivity (Wildman–Crippen MR) is 114 cm³/mol. The molecule has 0 atom stereocenters. The van der Waals surface area contributed by atoms with Crippen LogP contribution < -0.4 is 5.32 Å². The molecule has 1 N–H and O–H groups in total. The lowest BCUT2D eigenvalue weighted by molar-refractivity contribution is -0.130. The molecule has 28 heavy (non-hydrogen) atoms. The number of piperazine rings is 1. The van der Waals surface area contributed by atoms with Crippen LogP contribution in [0.2, 0.25) is 0 Å². The maximum atomic E-state index is 13.2. The standard InChI is InChI=1S/C19H25FN4O2S2/c20-15-4-3-5-16(12-15)21-17(25)13-22-8-10-23(11-9-22)18(26)14-28-19(27)24-6-1-2-7-24/h3-5,12H,1-2,6-11,13-14H2,(H,21,25). The first-order chi connectivity index (χ1) is 13.5. The molecule has 0 bridgehead atoms. The third kappa shape index (κ3) is 6.15. The molecule has 0 spiro atoms. The Balaban J connectivity index is 1.36. The highest BCUT2D eigenvalue weighted by molar-refractivity contribution is 8.23. The van der Waals surface area contributed by atoms with Gasteiger partial charge in [-0.1, -0.05) is 30.0 Å². The topological polar surface area (TPSA) is 55.9 Å². The number of likely N-dealkylation sites (tertiary alicyclic amines) is 1. The van der Waals surface area contributed by atoms with Crippen LogP contribution in [0.5, 0.6) is 0 Å². The third-order valence-corrected chi connectivity index (χ3v) is 6.39. The van der Waals surface area contributed by atoms with Crippen molar-refractivity contribution in [3.63, 3.8) is 0 Å². The van der Waals surface area contributed by atoms with E-state index in [0.717, 1.165) is 17.4 Å². The van der Waals surface area contributed by atoms with E-state index in [0.29, 0.717) is 37.6 Å². The first-order valence-corrected chi connectivity index (χ1v) is 10.9. The van der Waals surface area contributed by atoms with Gasteiger partial charge >= 0.3 is 0 Å². The van der Waals surface area contributed by atoms with Gasteiger partial charge in [0.05, 0.1) is 12.3 Å². The second kappa shape index (κ2) is 10.2. The van der Waals surface area contributed by atoms with Gasteiger partial charge in [-0.3, -0.25) is 14.5 Å². The van der Waals surface area contributed by atoms with E-state index in [1.54, 1.807) is 12.1 Å². The van der Waals surface area contributed by atoms with Gasteiger partial charge in [-0.05, 0) is 31.0 Å². The number of benzene rings is 1. The van der Waals surface area contributed by atoms with E-state index < -0.39 is 0 Å². The molecule has 6 nitrogen and oxygen atoms in total. The van der Waals surface area contributed by atoms with E-state index in [4.69, 9.17) is 12.2 Å². The monoisotopic (exact) mass is 424 g/mol. The van der Waals surface area contributed by atoms with Crippen molar-refractivity contribution in [1.82, 2.24) is 14.7 Å². The molecule has 0 radical (unpaired) electrons. The predicted octanol–water partition coefficient (Wildman–Crippen LogP) is 2.02. The zero-order valence-corrected chi connectivity index (χ0v) is 17.4. The minimum Gasteiger partial charge on any atom is -0.358 e. The molecule has 3 rings (SSSR count). The molecule has 9 heteroatoms. The van der Waals surface area contributed by atoms with Gasteiger partial charge in [0.15, 0.2) is 0 Å². The van der Waals surface area contributed by atoms with Crippen LogP contribution >= 0.6 is 24.0 Å². The number of thioether (sulfide) groups is 1. The number of nitrogens with zero attached hydrogens (tertiary/aromatic N) is 3. The summed E-state index contributed by atoms with van der Waals surface area (Å²) < 4.78 is 14.0. The molecule has 2 aliphatic rings. The molecule has 0 unspecified atom stereocenters. The van der Waals surface area contributed by atoms with E-state index in [9.17, 15) is 14.0 Å². The van der Waals surface area contributed by atoms with E-state index in [2.05, 4.69) is 10.2 Å². The van der Waals surface area contributed by atoms with E-state index >= 15 is 0 Å². The van der Waals surface area contributed by atoms with Crippen molar-refractivity contribution in [3.05, 3.63) is 30.1 Å². The minimum absolute atomic E-state index is 0.0930. The number of amides is 2. The summed E-state index contributed by atoms with van der Waals surface area (Å²) in [6, 6.07) is 5.84. The molecule has 1 aromatic rings. The summed E-state index contributed by atoms with van der Waals surface area (Å²) in [7, 11) is 0. The third-order valence-electron chi connectivity index (χ3n) is 4.88. The number of nitrogens with one attached hydrogen (secondary N) is 1. The fraction of sp³-hybridized carbons (Fsp3) is 0.526. The van der Waals surface area contributed by atoms with Crippen LogP contribution in [0.3, 0.4) is 0 Å². The number of thiocarbonyl (C=S) groups is 1. The fourth-order valence-corrected chi connectivity index (χ4v) is 4.49. The Labute approximate surface area is 174 Å². The van der Waals surface area contributed by atoms with Crippen molar-refractivity contribution in [3.8, 4) is 0 Å². The number of rotatable bonds is 5. The number of halogens is 1. The molecule has 152 valence electrons. The lowest BCUT2D eigenvalue weighted by Crippen LogP contribution is -2.51. The second-order valence-electron chi connectivity index (χ2n) is 6.96. The summed E-state index contributed by atoms with van der Waals surface area (Å²) in [5.41, 5.74) is 0.449. The smallest absolute Gasteiger partial charge is 0.238 e. The van der Waals surface area contributed by atoms with Gasteiger partial charge in [0.25, 0.3) is 0 Å². The quantitative estimate of drug-likeness (QED) is 0.730. The molecule has 1 aromatic carbocycles. The van der Waals surface area contributed by atoms with Crippen molar-refractivity contribution in [2.45, 2.75) is 12.8 Å². The van der Waals surface area contributed by atoms with Gasteiger partial charge in [0.1, 0.15) is 10.1 Å². The van der Waals surface area contributed by atoms with Crippen LogP contribution in [-0.2, 0) is 9.59 Å². The molecular formula is C19H25FN4O2S2. The average molecular weight is 425 g/mol. The van der Waals surface area contributed by atoms with Crippen molar-refractivity contribution in [2.75, 3.05) is 56.9 Å². The minimum atomic E-state index is -0.382. The molecule has 2 aliphatic heterocycles. The van der Waals surface area contributed by atoms with Crippen LogP contribution in [0.15, 0.2) is 24.3 Å². The number of carbonyl (C=O) groups excluding carboxylic acids is 2. The Morgan fingerprint density at radius 2 is 1.79 bits per heavy atom.